The van der Waals surface area contributed by atoms with Crippen LogP contribution < -0.4 is 4.74 Å². The fourth-order valence-electron chi connectivity index (χ4n) is 2.75. The number of aryl methyl sites for hydroxylation is 2. The van der Waals surface area contributed by atoms with Crippen molar-refractivity contribution in [3.63, 3.8) is 0 Å². The third-order valence-electron chi connectivity index (χ3n) is 4.37. The Morgan fingerprint density at radius 3 is 2.42 bits per heavy atom. The number of aliphatic carboxylic acids is 1. The van der Waals surface area contributed by atoms with Crippen molar-refractivity contribution >= 4 is 28.1 Å². The number of carboxylic acid groups (broad SMARTS) is 1. The summed E-state index contributed by atoms with van der Waals surface area (Å²) in [6, 6.07) is 9.66. The van der Waals surface area contributed by atoms with Crippen molar-refractivity contribution in [3.05, 3.63) is 64.2 Å². The summed E-state index contributed by atoms with van der Waals surface area (Å²) in [6.45, 7) is 3.04. The van der Waals surface area contributed by atoms with E-state index in [1.165, 1.54) is 23.5 Å². The van der Waals surface area contributed by atoms with E-state index in [0.717, 1.165) is 17.0 Å². The van der Waals surface area contributed by atoms with Crippen LogP contribution in [0.2, 0.25) is 0 Å². The van der Waals surface area contributed by atoms with Gasteiger partial charge in [-0.05, 0) is 49.7 Å². The molecular formula is C21H18F3NO4S2. The van der Waals surface area contributed by atoms with Gasteiger partial charge in [0.1, 0.15) is 10.8 Å². The summed E-state index contributed by atoms with van der Waals surface area (Å²) in [6.07, 6.45) is -4.40. The van der Waals surface area contributed by atoms with Crippen LogP contribution in [0.25, 0.3) is 10.6 Å². The SMILES string of the molecule is Cc1cc(S(=O)Cc2sc(-c3ccc(C(F)(F)F)cc3)nc2C)ccc1OCC(=O)O. The quantitative estimate of drug-likeness (QED) is 0.514. The zero-order valence-electron chi connectivity index (χ0n) is 16.5. The van der Waals surface area contributed by atoms with Crippen molar-refractivity contribution in [1.82, 2.24) is 4.98 Å². The second kappa shape index (κ2) is 9.19. The van der Waals surface area contributed by atoms with Crippen LogP contribution in [-0.4, -0.2) is 26.9 Å². The van der Waals surface area contributed by atoms with Gasteiger partial charge in [0.2, 0.25) is 0 Å². The molecule has 1 atom stereocenters. The number of aromatic nitrogens is 1. The third-order valence-corrected chi connectivity index (χ3v) is 7.09. The summed E-state index contributed by atoms with van der Waals surface area (Å²) in [4.78, 5) is 16.4. The van der Waals surface area contributed by atoms with Crippen molar-refractivity contribution in [2.75, 3.05) is 6.61 Å². The Morgan fingerprint density at radius 2 is 1.84 bits per heavy atom. The maximum absolute atomic E-state index is 12.8. The van der Waals surface area contributed by atoms with Gasteiger partial charge in [-0.15, -0.1) is 11.3 Å². The Labute approximate surface area is 183 Å². The van der Waals surface area contributed by atoms with E-state index in [4.69, 9.17) is 9.84 Å². The average molecular weight is 470 g/mol. The highest BCUT2D eigenvalue weighted by atomic mass is 32.2. The van der Waals surface area contributed by atoms with E-state index < -0.39 is 35.1 Å². The van der Waals surface area contributed by atoms with Crippen LogP contribution in [0, 0.1) is 13.8 Å². The summed E-state index contributed by atoms with van der Waals surface area (Å²) in [5, 5.41) is 9.27. The molecule has 1 unspecified atom stereocenters. The molecular weight excluding hydrogens is 451 g/mol. The molecule has 0 bridgehead atoms. The van der Waals surface area contributed by atoms with Crippen molar-refractivity contribution < 1.29 is 32.0 Å². The van der Waals surface area contributed by atoms with Crippen LogP contribution in [0.15, 0.2) is 47.4 Å². The Bertz CT molecular complexity index is 1120. The topological polar surface area (TPSA) is 76.5 Å². The van der Waals surface area contributed by atoms with Crippen molar-refractivity contribution in [2.45, 2.75) is 30.7 Å². The minimum Gasteiger partial charge on any atom is -0.482 e. The van der Waals surface area contributed by atoms with Gasteiger partial charge in [0.25, 0.3) is 0 Å². The monoisotopic (exact) mass is 469 g/mol. The van der Waals surface area contributed by atoms with E-state index in [9.17, 15) is 22.2 Å². The number of hydrogen-bond donors (Lipinski definition) is 1. The molecule has 2 aromatic carbocycles. The number of thiazole rings is 1. The molecule has 0 radical (unpaired) electrons. The predicted octanol–water partition coefficient (Wildman–Crippen LogP) is 5.22. The van der Waals surface area contributed by atoms with Crippen LogP contribution in [-0.2, 0) is 27.5 Å². The molecule has 31 heavy (non-hydrogen) atoms. The molecule has 0 fully saturated rings. The fourth-order valence-corrected chi connectivity index (χ4v) is 5.32. The highest BCUT2D eigenvalue weighted by molar-refractivity contribution is 7.84. The first-order valence-corrected chi connectivity index (χ1v) is 11.2. The summed E-state index contributed by atoms with van der Waals surface area (Å²) in [5.74, 6) is -0.475. The molecule has 0 saturated heterocycles. The summed E-state index contributed by atoms with van der Waals surface area (Å²) >= 11 is 1.29. The molecule has 0 saturated carbocycles. The maximum Gasteiger partial charge on any atom is 0.416 e. The van der Waals surface area contributed by atoms with Gasteiger partial charge < -0.3 is 9.84 Å². The summed E-state index contributed by atoms with van der Waals surface area (Å²) in [5.41, 5.74) is 1.18. The van der Waals surface area contributed by atoms with Crippen LogP contribution in [0.1, 0.15) is 21.7 Å². The van der Waals surface area contributed by atoms with Gasteiger partial charge >= 0.3 is 12.1 Å². The molecule has 3 aromatic rings. The highest BCUT2D eigenvalue weighted by Gasteiger charge is 2.30. The Morgan fingerprint density at radius 1 is 1.16 bits per heavy atom. The molecule has 0 amide bonds. The van der Waals surface area contributed by atoms with Gasteiger partial charge in [0.05, 0.1) is 27.8 Å². The standard InChI is InChI=1S/C21H18F3NO4S2/c1-12-9-16(7-8-17(12)29-10-19(26)27)31(28)11-18-13(2)25-20(30-18)14-3-5-15(6-4-14)21(22,23)24/h3-9H,10-11H2,1-2H3,(H,26,27). The lowest BCUT2D eigenvalue weighted by molar-refractivity contribution is -0.139. The van der Waals surface area contributed by atoms with Gasteiger partial charge in [-0.3, -0.25) is 4.21 Å². The van der Waals surface area contributed by atoms with Crippen LogP contribution in [0.5, 0.6) is 5.75 Å². The highest BCUT2D eigenvalue weighted by Crippen LogP contribution is 2.34. The Balaban J connectivity index is 1.75. The second-order valence-electron chi connectivity index (χ2n) is 6.70. The third kappa shape index (κ3) is 5.71. The maximum atomic E-state index is 12.8. The first-order valence-electron chi connectivity index (χ1n) is 9.02. The average Bonchev–Trinajstić information content (AvgIpc) is 3.06. The normalized spacial score (nSPS) is 12.5. The van der Waals surface area contributed by atoms with E-state index in [1.54, 1.807) is 32.0 Å². The van der Waals surface area contributed by atoms with Crippen molar-refractivity contribution in [1.29, 1.82) is 0 Å². The fraction of sp³-hybridized carbons (Fsp3) is 0.238. The molecule has 1 heterocycles. The molecule has 5 nitrogen and oxygen atoms in total. The van der Waals surface area contributed by atoms with Gasteiger partial charge in [-0.2, -0.15) is 13.2 Å². The molecule has 1 N–H and O–H groups in total. The molecule has 0 aliphatic rings. The molecule has 164 valence electrons. The first-order chi connectivity index (χ1) is 14.5. The Kier molecular flexibility index (Phi) is 6.80. The van der Waals surface area contributed by atoms with E-state index in [-0.39, 0.29) is 5.75 Å². The van der Waals surface area contributed by atoms with Gasteiger partial charge in [-0.25, -0.2) is 9.78 Å². The summed E-state index contributed by atoms with van der Waals surface area (Å²) in [7, 11) is -1.38. The largest absolute Gasteiger partial charge is 0.482 e. The van der Waals surface area contributed by atoms with Crippen LogP contribution in [0.4, 0.5) is 13.2 Å². The van der Waals surface area contributed by atoms with Gasteiger partial charge in [0, 0.05) is 15.3 Å². The van der Waals surface area contributed by atoms with Crippen LogP contribution in [0.3, 0.4) is 0 Å². The zero-order chi connectivity index (χ0) is 22.8. The number of alkyl halides is 3. The Hall–Kier alpha value is -2.72. The molecule has 0 spiro atoms. The molecule has 1 aromatic heterocycles. The second-order valence-corrected chi connectivity index (χ2v) is 9.24. The van der Waals surface area contributed by atoms with Gasteiger partial charge in [-0.1, -0.05) is 12.1 Å². The number of carbonyl (C=O) groups is 1. The number of carboxylic acids is 1. The lowest BCUT2D eigenvalue weighted by Crippen LogP contribution is -2.10. The smallest absolute Gasteiger partial charge is 0.416 e. The van der Waals surface area contributed by atoms with Crippen LogP contribution >= 0.6 is 11.3 Å². The predicted molar refractivity (Wildman–Crippen MR) is 112 cm³/mol. The van der Waals surface area contributed by atoms with E-state index in [0.29, 0.717) is 32.5 Å². The lowest BCUT2D eigenvalue weighted by atomic mass is 10.1. The molecule has 0 aliphatic carbocycles. The molecule has 0 aliphatic heterocycles. The van der Waals surface area contributed by atoms with E-state index in [1.807, 2.05) is 0 Å². The van der Waals surface area contributed by atoms with Crippen molar-refractivity contribution in [3.8, 4) is 16.3 Å². The minimum absolute atomic E-state index is 0.207. The lowest BCUT2D eigenvalue weighted by Gasteiger charge is -2.09. The number of benzene rings is 2. The summed E-state index contributed by atoms with van der Waals surface area (Å²) < 4.78 is 56.2. The molecule has 3 rings (SSSR count). The first kappa shape index (κ1) is 23.0. The van der Waals surface area contributed by atoms with Crippen molar-refractivity contribution in [2.24, 2.45) is 0 Å². The molecule has 10 heteroatoms. The van der Waals surface area contributed by atoms with Gasteiger partial charge in [0.15, 0.2) is 6.61 Å². The minimum atomic E-state index is -4.40. The van der Waals surface area contributed by atoms with E-state index >= 15 is 0 Å². The van der Waals surface area contributed by atoms with E-state index in [2.05, 4.69) is 4.98 Å². The number of halogens is 3. The number of rotatable bonds is 7. The number of nitrogens with zero attached hydrogens (tertiary/aromatic N) is 1. The number of ether oxygens (including phenoxy) is 1. The zero-order valence-corrected chi connectivity index (χ0v) is 18.2. The number of hydrogen-bond acceptors (Lipinski definition) is 5.